The first-order valence-electron chi connectivity index (χ1n) is 8.47. The van der Waals surface area contributed by atoms with Crippen molar-refractivity contribution in [3.8, 4) is 0 Å². The first kappa shape index (κ1) is 19.6. The number of hydrogen-bond donors (Lipinski definition) is 2. The second-order valence-corrected chi connectivity index (χ2v) is 8.04. The Morgan fingerprint density at radius 1 is 1.21 bits per heavy atom. The highest BCUT2D eigenvalue weighted by Crippen LogP contribution is 2.13. The van der Waals surface area contributed by atoms with Crippen molar-refractivity contribution < 1.29 is 13.2 Å². The van der Waals surface area contributed by atoms with Gasteiger partial charge in [0.15, 0.2) is 0 Å². The minimum Gasteiger partial charge on any atom is -0.319 e. The Balaban J connectivity index is 1.71. The van der Waals surface area contributed by atoms with E-state index in [0.717, 1.165) is 11.4 Å². The summed E-state index contributed by atoms with van der Waals surface area (Å²) in [7, 11) is -3.44. The van der Waals surface area contributed by atoms with Gasteiger partial charge in [0.1, 0.15) is 0 Å². The minimum atomic E-state index is -3.44. The van der Waals surface area contributed by atoms with Crippen molar-refractivity contribution in [2.24, 2.45) is 0 Å². The lowest BCUT2D eigenvalue weighted by molar-refractivity contribution is 0.101. The molecule has 1 amide bonds. The highest BCUT2D eigenvalue weighted by atomic mass is 32.2. The molecule has 9 nitrogen and oxygen atoms in total. The lowest BCUT2D eigenvalue weighted by Gasteiger charge is -2.06. The van der Waals surface area contributed by atoms with Crippen LogP contribution in [0.3, 0.4) is 0 Å². The van der Waals surface area contributed by atoms with Crippen molar-refractivity contribution in [1.82, 2.24) is 24.3 Å². The summed E-state index contributed by atoms with van der Waals surface area (Å²) in [5.41, 5.74) is 2.71. The average Bonchev–Trinajstić information content (AvgIpc) is 3.06. The quantitative estimate of drug-likeness (QED) is 0.582. The summed E-state index contributed by atoms with van der Waals surface area (Å²) in [5, 5.41) is 6.87. The molecule has 1 aromatic carbocycles. The number of sulfonamides is 1. The predicted molar refractivity (Wildman–Crippen MR) is 105 cm³/mol. The van der Waals surface area contributed by atoms with Crippen LogP contribution in [-0.4, -0.2) is 40.5 Å². The standard InChI is InChI=1S/C18H20N6O3S/c1-4-9-19-28(26,27)11-14-5-7-15(8-6-14)21-17(25)16-22-18-20-12(2)10-13(3)24(18)23-16/h4-8,10,19H,1,9,11H2,2-3H3,(H,21,25). The Hall–Kier alpha value is -3.11. The van der Waals surface area contributed by atoms with Gasteiger partial charge in [-0.25, -0.2) is 22.6 Å². The molecule has 0 bridgehead atoms. The van der Waals surface area contributed by atoms with Gasteiger partial charge in [0.05, 0.1) is 5.75 Å². The first-order valence-corrected chi connectivity index (χ1v) is 10.1. The van der Waals surface area contributed by atoms with E-state index in [1.165, 1.54) is 10.6 Å². The Bertz CT molecular complexity index is 1140. The summed E-state index contributed by atoms with van der Waals surface area (Å²) < 4.78 is 27.7. The van der Waals surface area contributed by atoms with E-state index in [9.17, 15) is 13.2 Å². The maximum Gasteiger partial charge on any atom is 0.295 e. The van der Waals surface area contributed by atoms with E-state index in [1.807, 2.05) is 19.9 Å². The fourth-order valence-corrected chi connectivity index (χ4v) is 3.70. The maximum absolute atomic E-state index is 12.4. The topological polar surface area (TPSA) is 118 Å². The molecule has 0 aliphatic carbocycles. The summed E-state index contributed by atoms with van der Waals surface area (Å²) in [6, 6.07) is 8.36. The molecule has 0 aliphatic rings. The number of hydrogen-bond acceptors (Lipinski definition) is 6. The van der Waals surface area contributed by atoms with Crippen LogP contribution in [0.1, 0.15) is 27.6 Å². The van der Waals surface area contributed by atoms with Gasteiger partial charge < -0.3 is 5.32 Å². The van der Waals surface area contributed by atoms with E-state index < -0.39 is 15.9 Å². The summed E-state index contributed by atoms with van der Waals surface area (Å²) in [5.74, 6) is -0.278. The molecule has 0 unspecified atom stereocenters. The molecule has 146 valence electrons. The Morgan fingerprint density at radius 3 is 2.61 bits per heavy atom. The Kier molecular flexibility index (Phi) is 5.52. The van der Waals surface area contributed by atoms with Crippen molar-refractivity contribution in [2.75, 3.05) is 11.9 Å². The third-order valence-electron chi connectivity index (χ3n) is 3.84. The van der Waals surface area contributed by atoms with Gasteiger partial charge in [-0.2, -0.15) is 4.98 Å². The van der Waals surface area contributed by atoms with Crippen molar-refractivity contribution in [3.05, 3.63) is 65.8 Å². The molecule has 0 fully saturated rings. The Labute approximate surface area is 162 Å². The smallest absolute Gasteiger partial charge is 0.295 e. The SMILES string of the molecule is C=CCNS(=O)(=O)Cc1ccc(NC(=O)c2nc3nc(C)cc(C)n3n2)cc1. The summed E-state index contributed by atoms with van der Waals surface area (Å²) >= 11 is 0. The number of carbonyl (C=O) groups excluding carboxylic acids is 1. The van der Waals surface area contributed by atoms with E-state index in [2.05, 4.69) is 31.7 Å². The third-order valence-corrected chi connectivity index (χ3v) is 5.16. The Morgan fingerprint density at radius 2 is 1.93 bits per heavy atom. The maximum atomic E-state index is 12.4. The van der Waals surface area contributed by atoms with Crippen LogP contribution in [0.4, 0.5) is 5.69 Å². The molecule has 0 atom stereocenters. The number of fused-ring (bicyclic) bond motifs is 1. The largest absolute Gasteiger partial charge is 0.319 e. The van der Waals surface area contributed by atoms with Crippen molar-refractivity contribution >= 4 is 27.4 Å². The number of nitrogens with one attached hydrogen (secondary N) is 2. The molecule has 2 N–H and O–H groups in total. The van der Waals surface area contributed by atoms with Gasteiger partial charge in [-0.15, -0.1) is 11.7 Å². The number of carbonyl (C=O) groups is 1. The number of amides is 1. The number of aromatic nitrogens is 4. The number of nitrogens with zero attached hydrogens (tertiary/aromatic N) is 4. The lowest BCUT2D eigenvalue weighted by atomic mass is 10.2. The average molecular weight is 400 g/mol. The minimum absolute atomic E-state index is 0.00137. The van der Waals surface area contributed by atoms with Crippen LogP contribution in [0, 0.1) is 13.8 Å². The normalized spacial score (nSPS) is 11.5. The van der Waals surface area contributed by atoms with Crippen molar-refractivity contribution in [1.29, 1.82) is 0 Å². The van der Waals surface area contributed by atoms with E-state index >= 15 is 0 Å². The highest BCUT2D eigenvalue weighted by molar-refractivity contribution is 7.88. The van der Waals surface area contributed by atoms with Gasteiger partial charge in [0.2, 0.25) is 15.8 Å². The van der Waals surface area contributed by atoms with Crippen molar-refractivity contribution in [3.63, 3.8) is 0 Å². The van der Waals surface area contributed by atoms with Crippen LogP contribution in [0.2, 0.25) is 0 Å². The van der Waals surface area contributed by atoms with Crippen LogP contribution in [-0.2, 0) is 15.8 Å². The van der Waals surface area contributed by atoms with Crippen LogP contribution in [0.15, 0.2) is 43.0 Å². The molecule has 0 saturated carbocycles. The van der Waals surface area contributed by atoms with Crippen LogP contribution >= 0.6 is 0 Å². The van der Waals surface area contributed by atoms with E-state index in [1.54, 1.807) is 24.3 Å². The van der Waals surface area contributed by atoms with E-state index in [-0.39, 0.29) is 18.1 Å². The van der Waals surface area contributed by atoms with E-state index in [4.69, 9.17) is 0 Å². The van der Waals surface area contributed by atoms with Gasteiger partial charge >= 0.3 is 0 Å². The molecule has 3 rings (SSSR count). The number of rotatable bonds is 7. The van der Waals surface area contributed by atoms with E-state index in [0.29, 0.717) is 17.0 Å². The van der Waals surface area contributed by atoms with Crippen molar-refractivity contribution in [2.45, 2.75) is 19.6 Å². The summed E-state index contributed by atoms with van der Waals surface area (Å²) in [6.07, 6.45) is 1.47. The third kappa shape index (κ3) is 4.59. The van der Waals surface area contributed by atoms with Crippen LogP contribution < -0.4 is 10.0 Å². The molecule has 0 radical (unpaired) electrons. The molecule has 2 heterocycles. The van der Waals surface area contributed by atoms with Gasteiger partial charge in [-0.05, 0) is 37.6 Å². The van der Waals surface area contributed by atoms with Gasteiger partial charge in [0, 0.05) is 23.6 Å². The summed E-state index contributed by atoms with van der Waals surface area (Å²) in [4.78, 5) is 20.8. The van der Waals surface area contributed by atoms with Crippen LogP contribution in [0.25, 0.3) is 5.78 Å². The number of aryl methyl sites for hydroxylation is 2. The zero-order chi connectivity index (χ0) is 20.3. The second kappa shape index (κ2) is 7.87. The van der Waals surface area contributed by atoms with Gasteiger partial charge in [-0.1, -0.05) is 18.2 Å². The molecular formula is C18H20N6O3S. The predicted octanol–water partition coefficient (Wildman–Crippen LogP) is 1.60. The zero-order valence-corrected chi connectivity index (χ0v) is 16.3. The molecule has 28 heavy (non-hydrogen) atoms. The summed E-state index contributed by atoms with van der Waals surface area (Å²) in [6.45, 7) is 7.35. The number of anilines is 1. The van der Waals surface area contributed by atoms with Gasteiger partial charge in [-0.3, -0.25) is 4.79 Å². The molecule has 10 heteroatoms. The van der Waals surface area contributed by atoms with Crippen LogP contribution in [0.5, 0.6) is 0 Å². The second-order valence-electron chi connectivity index (χ2n) is 6.23. The molecule has 0 saturated heterocycles. The van der Waals surface area contributed by atoms with Gasteiger partial charge in [0.25, 0.3) is 11.7 Å². The molecule has 0 aliphatic heterocycles. The molecule has 0 spiro atoms. The number of benzene rings is 1. The lowest BCUT2D eigenvalue weighted by Crippen LogP contribution is -2.25. The molecule has 3 aromatic rings. The molecular weight excluding hydrogens is 380 g/mol. The monoisotopic (exact) mass is 400 g/mol. The highest BCUT2D eigenvalue weighted by Gasteiger charge is 2.16. The fourth-order valence-electron chi connectivity index (χ4n) is 2.59. The molecule has 2 aromatic heterocycles. The first-order chi connectivity index (χ1) is 13.3. The zero-order valence-electron chi connectivity index (χ0n) is 15.5. The fraction of sp³-hybridized carbons (Fsp3) is 0.222.